The van der Waals surface area contributed by atoms with Crippen LogP contribution in [-0.2, 0) is 29.4 Å². The number of nitrogens with one attached hydrogen (secondary N) is 2. The summed E-state index contributed by atoms with van der Waals surface area (Å²) in [6.45, 7) is 3.01. The van der Waals surface area contributed by atoms with Gasteiger partial charge >= 0.3 is 6.18 Å². The van der Waals surface area contributed by atoms with Gasteiger partial charge in [-0.15, -0.1) is 10.2 Å². The number of benzene rings is 1. The second-order valence-corrected chi connectivity index (χ2v) is 7.95. The van der Waals surface area contributed by atoms with E-state index >= 15 is 0 Å². The first-order chi connectivity index (χ1) is 14.8. The van der Waals surface area contributed by atoms with E-state index in [9.17, 15) is 18.0 Å². The molecule has 0 unspecified atom stereocenters. The average Bonchev–Trinajstić information content (AvgIpc) is 3.48. The molecule has 1 atom stereocenters. The van der Waals surface area contributed by atoms with E-state index < -0.39 is 17.2 Å². The van der Waals surface area contributed by atoms with Crippen molar-refractivity contribution in [2.45, 2.75) is 44.3 Å². The zero-order valence-corrected chi connectivity index (χ0v) is 16.6. The fourth-order valence-electron chi connectivity index (χ4n) is 3.98. The summed E-state index contributed by atoms with van der Waals surface area (Å²) in [6, 6.07) is 4.79. The maximum Gasteiger partial charge on any atom is 0.416 e. The number of hydrogen-bond donors (Lipinski definition) is 2. The van der Waals surface area contributed by atoms with E-state index in [2.05, 4.69) is 25.9 Å². The quantitative estimate of drug-likeness (QED) is 0.656. The molecular weight excluding hydrogens is 413 g/mol. The summed E-state index contributed by atoms with van der Waals surface area (Å²) in [4.78, 5) is 12.2. The van der Waals surface area contributed by atoms with Crippen molar-refractivity contribution in [3.63, 3.8) is 0 Å². The van der Waals surface area contributed by atoms with Crippen molar-refractivity contribution >= 4 is 17.3 Å². The number of nitrogens with zero attached hydrogens (tertiary/aromatic N) is 4. The van der Waals surface area contributed by atoms with Crippen LogP contribution in [0.3, 0.4) is 0 Å². The van der Waals surface area contributed by atoms with E-state index in [0.717, 1.165) is 37.2 Å². The maximum atomic E-state index is 12.9. The molecular formula is C20H19F3N6O2. The van der Waals surface area contributed by atoms with Gasteiger partial charge in [0.1, 0.15) is 5.41 Å². The van der Waals surface area contributed by atoms with E-state index in [1.807, 2.05) is 4.68 Å². The fourth-order valence-corrected chi connectivity index (χ4v) is 3.98. The highest BCUT2D eigenvalue weighted by Crippen LogP contribution is 2.38. The van der Waals surface area contributed by atoms with Crippen molar-refractivity contribution in [2.75, 3.05) is 11.9 Å². The molecule has 31 heavy (non-hydrogen) atoms. The normalized spacial score (nSPS) is 20.7. The highest BCUT2D eigenvalue weighted by molar-refractivity contribution is 5.88. The highest BCUT2D eigenvalue weighted by atomic mass is 19.4. The average molecular weight is 432 g/mol. The molecule has 1 saturated heterocycles. The van der Waals surface area contributed by atoms with Gasteiger partial charge in [0.05, 0.1) is 16.9 Å². The van der Waals surface area contributed by atoms with Gasteiger partial charge in [0.25, 0.3) is 5.89 Å². The smallest absolute Gasteiger partial charge is 0.416 e. The van der Waals surface area contributed by atoms with Gasteiger partial charge in [-0.3, -0.25) is 9.48 Å². The molecule has 11 heteroatoms. The minimum atomic E-state index is -4.40. The number of aryl methyl sites for hydroxylation is 1. The summed E-state index contributed by atoms with van der Waals surface area (Å²) >= 11 is 0. The predicted octanol–water partition coefficient (Wildman–Crippen LogP) is 3.42. The Hall–Kier alpha value is -3.37. The van der Waals surface area contributed by atoms with Gasteiger partial charge in [0, 0.05) is 18.8 Å². The molecule has 0 bridgehead atoms. The summed E-state index contributed by atoms with van der Waals surface area (Å²) in [5, 5.41) is 18.7. The van der Waals surface area contributed by atoms with Gasteiger partial charge in [-0.25, -0.2) is 0 Å². The van der Waals surface area contributed by atoms with Crippen LogP contribution in [0.15, 0.2) is 28.7 Å². The molecule has 1 fully saturated rings. The largest absolute Gasteiger partial charge is 0.418 e. The monoisotopic (exact) mass is 432 g/mol. The molecule has 1 aromatic carbocycles. The van der Waals surface area contributed by atoms with Gasteiger partial charge in [-0.1, -0.05) is 0 Å². The zero-order valence-electron chi connectivity index (χ0n) is 16.6. The second-order valence-electron chi connectivity index (χ2n) is 7.95. The van der Waals surface area contributed by atoms with Crippen LogP contribution in [0.5, 0.6) is 0 Å². The number of amides is 1. The molecule has 5 rings (SSSR count). The third-order valence-corrected chi connectivity index (χ3v) is 5.83. The van der Waals surface area contributed by atoms with Crippen LogP contribution >= 0.6 is 0 Å². The van der Waals surface area contributed by atoms with Gasteiger partial charge in [-0.05, 0) is 50.5 Å². The number of aromatic nitrogens is 4. The molecule has 0 aliphatic carbocycles. The maximum absolute atomic E-state index is 12.9. The number of alkyl halides is 3. The summed E-state index contributed by atoms with van der Waals surface area (Å²) in [5.41, 5.74) is 0.819. The van der Waals surface area contributed by atoms with Crippen molar-refractivity contribution in [3.8, 4) is 11.6 Å². The lowest BCUT2D eigenvalue weighted by Crippen LogP contribution is -2.32. The summed E-state index contributed by atoms with van der Waals surface area (Å²) in [7, 11) is 0. The molecule has 0 saturated carbocycles. The summed E-state index contributed by atoms with van der Waals surface area (Å²) < 4.78 is 46.3. The number of anilines is 2. The Morgan fingerprint density at radius 1 is 1.23 bits per heavy atom. The third kappa shape index (κ3) is 3.24. The Bertz CT molecular complexity index is 1150. The summed E-state index contributed by atoms with van der Waals surface area (Å²) in [6.07, 6.45) is -2.18. The fraction of sp³-hybridized carbons (Fsp3) is 0.400. The van der Waals surface area contributed by atoms with E-state index in [4.69, 9.17) is 4.42 Å². The van der Waals surface area contributed by atoms with Gasteiger partial charge < -0.3 is 15.1 Å². The molecule has 2 aliphatic rings. The van der Waals surface area contributed by atoms with E-state index in [0.29, 0.717) is 30.0 Å². The molecule has 4 heterocycles. The Balaban J connectivity index is 1.50. The van der Waals surface area contributed by atoms with Crippen LogP contribution in [0, 0.1) is 0 Å². The number of carbonyl (C=O) groups is 1. The van der Waals surface area contributed by atoms with E-state index in [-0.39, 0.29) is 17.7 Å². The van der Waals surface area contributed by atoms with Crippen LogP contribution in [0.1, 0.15) is 36.9 Å². The SMILES string of the molecule is C[C@]1(c2nnc(-c3nn4c(c3Nc3ccc(C(F)(F)F)cc3)CCC4)o2)CCNC1=O. The molecule has 1 amide bonds. The topological polar surface area (TPSA) is 97.9 Å². The van der Waals surface area contributed by atoms with Crippen LogP contribution in [-0.4, -0.2) is 32.4 Å². The van der Waals surface area contributed by atoms with Crippen LogP contribution < -0.4 is 10.6 Å². The van der Waals surface area contributed by atoms with Crippen LogP contribution in [0.4, 0.5) is 24.5 Å². The van der Waals surface area contributed by atoms with Crippen LogP contribution in [0.25, 0.3) is 11.6 Å². The molecule has 8 nitrogen and oxygen atoms in total. The molecule has 162 valence electrons. The van der Waals surface area contributed by atoms with Gasteiger partial charge in [0.2, 0.25) is 11.8 Å². The van der Waals surface area contributed by atoms with E-state index in [1.165, 1.54) is 12.1 Å². The summed E-state index contributed by atoms with van der Waals surface area (Å²) in [5.74, 6) is 0.205. The van der Waals surface area contributed by atoms with Crippen molar-refractivity contribution in [3.05, 3.63) is 41.4 Å². The number of fused-ring (bicyclic) bond motifs is 1. The Labute approximate surface area is 174 Å². The molecule has 2 N–H and O–H groups in total. The first-order valence-electron chi connectivity index (χ1n) is 9.92. The first-order valence-corrected chi connectivity index (χ1v) is 9.92. The molecule has 2 aliphatic heterocycles. The van der Waals surface area contributed by atoms with Gasteiger partial charge in [0.15, 0.2) is 5.69 Å². The molecule has 0 radical (unpaired) electrons. The number of carbonyl (C=O) groups excluding carboxylic acids is 1. The zero-order chi connectivity index (χ0) is 21.8. The minimum Gasteiger partial charge on any atom is -0.418 e. The minimum absolute atomic E-state index is 0.159. The first kappa shape index (κ1) is 19.6. The van der Waals surface area contributed by atoms with Crippen molar-refractivity contribution in [2.24, 2.45) is 0 Å². The standard InChI is InChI=1S/C20H19F3N6O2/c1-19(8-9-24-17(19)30)18-27-26-16(31-18)15-14(13-3-2-10-29(13)28-15)25-12-6-4-11(5-7-12)20(21,22)23/h4-7,25H,2-3,8-10H2,1H3,(H,24,30)/t19-/m0/s1. The number of halogens is 3. The highest BCUT2D eigenvalue weighted by Gasteiger charge is 2.44. The van der Waals surface area contributed by atoms with Crippen molar-refractivity contribution in [1.29, 1.82) is 0 Å². The Kier molecular flexibility index (Phi) is 4.31. The molecule has 2 aromatic heterocycles. The van der Waals surface area contributed by atoms with Crippen molar-refractivity contribution in [1.82, 2.24) is 25.3 Å². The lowest BCUT2D eigenvalue weighted by atomic mass is 9.89. The van der Waals surface area contributed by atoms with Crippen LogP contribution in [0.2, 0.25) is 0 Å². The van der Waals surface area contributed by atoms with E-state index in [1.54, 1.807) is 6.92 Å². The number of hydrogen-bond acceptors (Lipinski definition) is 6. The third-order valence-electron chi connectivity index (χ3n) is 5.83. The Morgan fingerprint density at radius 2 is 2.00 bits per heavy atom. The number of rotatable bonds is 4. The lowest BCUT2D eigenvalue weighted by molar-refractivity contribution is -0.137. The van der Waals surface area contributed by atoms with Crippen molar-refractivity contribution < 1.29 is 22.4 Å². The molecule has 0 spiro atoms. The second kappa shape index (κ2) is 6.82. The molecule has 3 aromatic rings. The Morgan fingerprint density at radius 3 is 2.68 bits per heavy atom. The predicted molar refractivity (Wildman–Crippen MR) is 104 cm³/mol. The lowest BCUT2D eigenvalue weighted by Gasteiger charge is -2.14. The van der Waals surface area contributed by atoms with Gasteiger partial charge in [-0.2, -0.15) is 18.3 Å².